The van der Waals surface area contributed by atoms with E-state index in [-0.39, 0.29) is 13.0 Å². The fraction of sp³-hybridized carbons (Fsp3) is 0.259. The lowest BCUT2D eigenvalue weighted by molar-refractivity contribution is -0.141. The first-order chi connectivity index (χ1) is 17.3. The van der Waals surface area contributed by atoms with Crippen LogP contribution in [0, 0.1) is 0 Å². The lowest BCUT2D eigenvalue weighted by Crippen LogP contribution is -2.44. The van der Waals surface area contributed by atoms with E-state index in [9.17, 15) is 19.2 Å². The van der Waals surface area contributed by atoms with Crippen LogP contribution in [0.1, 0.15) is 49.1 Å². The van der Waals surface area contributed by atoms with Gasteiger partial charge in [-0.3, -0.25) is 19.7 Å². The Bertz CT molecular complexity index is 1220. The van der Waals surface area contributed by atoms with Crippen LogP contribution in [-0.2, 0) is 20.9 Å². The maximum absolute atomic E-state index is 13.7. The van der Waals surface area contributed by atoms with Crippen molar-refractivity contribution in [2.45, 2.75) is 44.8 Å². The van der Waals surface area contributed by atoms with Gasteiger partial charge in [-0.25, -0.2) is 4.79 Å². The third kappa shape index (κ3) is 5.80. The molecule has 9 heteroatoms. The SMILES string of the molecule is CC(C)c1ccc(NC(=O)[C@@H](c2ccccc2)N(Cc2ccco2)C(=O)C[C@@H]2NC(=O)NC2=O)cc1. The normalized spacial score (nSPS) is 15.8. The molecule has 1 aliphatic rings. The van der Waals surface area contributed by atoms with Crippen LogP contribution < -0.4 is 16.0 Å². The maximum atomic E-state index is 13.7. The van der Waals surface area contributed by atoms with Crippen molar-refractivity contribution in [1.82, 2.24) is 15.5 Å². The lowest BCUT2D eigenvalue weighted by Gasteiger charge is -2.31. The number of nitrogens with one attached hydrogen (secondary N) is 3. The first-order valence-corrected chi connectivity index (χ1v) is 11.7. The number of rotatable bonds is 9. The summed E-state index contributed by atoms with van der Waals surface area (Å²) in [4.78, 5) is 52.2. The van der Waals surface area contributed by atoms with E-state index in [2.05, 4.69) is 29.8 Å². The van der Waals surface area contributed by atoms with E-state index in [4.69, 9.17) is 4.42 Å². The number of carbonyl (C=O) groups is 4. The van der Waals surface area contributed by atoms with E-state index in [1.54, 1.807) is 36.4 Å². The smallest absolute Gasteiger partial charge is 0.322 e. The highest BCUT2D eigenvalue weighted by Gasteiger charge is 2.37. The summed E-state index contributed by atoms with van der Waals surface area (Å²) in [5.74, 6) is -0.678. The van der Waals surface area contributed by atoms with Gasteiger partial charge in [-0.1, -0.05) is 56.3 Å². The summed E-state index contributed by atoms with van der Waals surface area (Å²) < 4.78 is 5.47. The molecule has 0 spiro atoms. The number of hydrogen-bond acceptors (Lipinski definition) is 5. The lowest BCUT2D eigenvalue weighted by atomic mass is 10.0. The van der Waals surface area contributed by atoms with E-state index < -0.39 is 35.8 Å². The van der Waals surface area contributed by atoms with Gasteiger partial charge in [0.2, 0.25) is 5.91 Å². The highest BCUT2D eigenvalue weighted by Crippen LogP contribution is 2.27. The van der Waals surface area contributed by atoms with Gasteiger partial charge < -0.3 is 20.0 Å². The minimum absolute atomic E-state index is 0.00656. The van der Waals surface area contributed by atoms with Crippen molar-refractivity contribution >= 4 is 29.4 Å². The van der Waals surface area contributed by atoms with Gasteiger partial charge in [0.1, 0.15) is 17.8 Å². The van der Waals surface area contributed by atoms with Crippen LogP contribution in [0.4, 0.5) is 10.5 Å². The van der Waals surface area contributed by atoms with Crippen molar-refractivity contribution in [2.24, 2.45) is 0 Å². The van der Waals surface area contributed by atoms with Crippen LogP contribution in [-0.4, -0.2) is 34.7 Å². The average molecular weight is 489 g/mol. The number of nitrogens with zero attached hydrogens (tertiary/aromatic N) is 1. The number of amides is 5. The number of carbonyl (C=O) groups excluding carboxylic acids is 4. The third-order valence-electron chi connectivity index (χ3n) is 5.98. The molecule has 1 fully saturated rings. The fourth-order valence-electron chi connectivity index (χ4n) is 4.06. The summed E-state index contributed by atoms with van der Waals surface area (Å²) in [5, 5.41) is 7.49. The van der Waals surface area contributed by atoms with Crippen LogP contribution in [0.3, 0.4) is 0 Å². The van der Waals surface area contributed by atoms with E-state index in [0.717, 1.165) is 5.56 Å². The molecule has 0 saturated carbocycles. The number of hydrogen-bond donors (Lipinski definition) is 3. The van der Waals surface area contributed by atoms with Crippen LogP contribution in [0.2, 0.25) is 0 Å². The first-order valence-electron chi connectivity index (χ1n) is 11.7. The number of imide groups is 1. The zero-order valence-corrected chi connectivity index (χ0v) is 20.1. The summed E-state index contributed by atoms with van der Waals surface area (Å²) in [6.07, 6.45) is 1.18. The molecule has 2 heterocycles. The number of urea groups is 1. The van der Waals surface area contributed by atoms with Crippen LogP contribution in [0.15, 0.2) is 77.4 Å². The predicted molar refractivity (Wildman–Crippen MR) is 133 cm³/mol. The minimum Gasteiger partial charge on any atom is -0.467 e. The zero-order valence-electron chi connectivity index (χ0n) is 20.1. The Morgan fingerprint density at radius 1 is 0.972 bits per heavy atom. The molecule has 3 N–H and O–H groups in total. The molecule has 1 aliphatic heterocycles. The highest BCUT2D eigenvalue weighted by molar-refractivity contribution is 6.06. The molecule has 5 amide bonds. The Morgan fingerprint density at radius 2 is 1.69 bits per heavy atom. The molecule has 0 radical (unpaired) electrons. The Labute approximate surface area is 208 Å². The standard InChI is InChI=1S/C27H28N4O5/c1-17(2)18-10-12-20(13-11-18)28-26(34)24(19-7-4-3-5-8-19)31(16-21-9-6-14-36-21)23(32)15-22-25(33)30-27(35)29-22/h3-14,17,22,24H,15-16H2,1-2H3,(H,28,34)(H2,29,30,33,35)/t22-,24+/m0/s1. The van der Waals surface area contributed by atoms with Crippen LogP contribution in [0.25, 0.3) is 0 Å². The Morgan fingerprint density at radius 3 is 2.28 bits per heavy atom. The molecular formula is C27H28N4O5. The first kappa shape index (κ1) is 24.7. The van der Waals surface area contributed by atoms with Crippen molar-refractivity contribution in [2.75, 3.05) is 5.32 Å². The van der Waals surface area contributed by atoms with E-state index in [0.29, 0.717) is 22.9 Å². The molecule has 0 unspecified atom stereocenters. The summed E-state index contributed by atoms with van der Waals surface area (Å²) >= 11 is 0. The summed E-state index contributed by atoms with van der Waals surface area (Å²) in [6, 6.07) is 17.2. The maximum Gasteiger partial charge on any atom is 0.322 e. The second kappa shape index (κ2) is 10.9. The van der Waals surface area contributed by atoms with Gasteiger partial charge in [-0.15, -0.1) is 0 Å². The number of anilines is 1. The van der Waals surface area contributed by atoms with Crippen molar-refractivity contribution in [3.8, 4) is 0 Å². The molecule has 36 heavy (non-hydrogen) atoms. The van der Waals surface area contributed by atoms with Crippen molar-refractivity contribution in [3.05, 3.63) is 89.9 Å². The quantitative estimate of drug-likeness (QED) is 0.397. The van der Waals surface area contributed by atoms with Gasteiger partial charge in [0.15, 0.2) is 0 Å². The molecule has 0 aliphatic carbocycles. The topological polar surface area (TPSA) is 121 Å². The molecule has 2 atom stereocenters. The van der Waals surface area contributed by atoms with E-state index in [1.165, 1.54) is 11.2 Å². The third-order valence-corrected chi connectivity index (χ3v) is 5.98. The summed E-state index contributed by atoms with van der Waals surface area (Å²) in [5.41, 5.74) is 2.32. The van der Waals surface area contributed by atoms with Crippen LogP contribution >= 0.6 is 0 Å². The van der Waals surface area contributed by atoms with Gasteiger partial charge in [-0.05, 0) is 41.3 Å². The monoisotopic (exact) mass is 488 g/mol. The molecule has 186 valence electrons. The van der Waals surface area contributed by atoms with Gasteiger partial charge >= 0.3 is 6.03 Å². The van der Waals surface area contributed by atoms with Crippen LogP contribution in [0.5, 0.6) is 0 Å². The summed E-state index contributed by atoms with van der Waals surface area (Å²) in [7, 11) is 0. The molecule has 3 aromatic rings. The van der Waals surface area contributed by atoms with Gasteiger partial charge in [0.25, 0.3) is 11.8 Å². The Kier molecular flexibility index (Phi) is 7.48. The molecular weight excluding hydrogens is 460 g/mol. The van der Waals surface area contributed by atoms with Gasteiger partial charge in [-0.2, -0.15) is 0 Å². The number of furan rings is 1. The predicted octanol–water partition coefficient (Wildman–Crippen LogP) is 3.71. The Balaban J connectivity index is 1.65. The second-order valence-electron chi connectivity index (χ2n) is 8.90. The van der Waals surface area contributed by atoms with Gasteiger partial charge in [0.05, 0.1) is 19.2 Å². The highest BCUT2D eigenvalue weighted by atomic mass is 16.3. The molecule has 1 saturated heterocycles. The molecule has 9 nitrogen and oxygen atoms in total. The second-order valence-corrected chi connectivity index (χ2v) is 8.90. The summed E-state index contributed by atoms with van der Waals surface area (Å²) in [6.45, 7) is 4.17. The van der Waals surface area contributed by atoms with E-state index in [1.807, 2.05) is 30.3 Å². The molecule has 1 aromatic heterocycles. The minimum atomic E-state index is -1.02. The molecule has 0 bridgehead atoms. The van der Waals surface area contributed by atoms with Gasteiger partial charge in [0, 0.05) is 5.69 Å². The zero-order chi connectivity index (χ0) is 25.7. The fourth-order valence-corrected chi connectivity index (χ4v) is 4.06. The van der Waals surface area contributed by atoms with Crippen molar-refractivity contribution < 1.29 is 23.6 Å². The Hall–Kier alpha value is -4.40. The largest absolute Gasteiger partial charge is 0.467 e. The average Bonchev–Trinajstić information content (AvgIpc) is 3.48. The van der Waals surface area contributed by atoms with Crippen molar-refractivity contribution in [3.63, 3.8) is 0 Å². The number of benzene rings is 2. The van der Waals surface area contributed by atoms with Crippen molar-refractivity contribution in [1.29, 1.82) is 0 Å². The molecule has 2 aromatic carbocycles. The van der Waals surface area contributed by atoms with E-state index >= 15 is 0 Å². The molecule has 4 rings (SSSR count).